The fourth-order valence-electron chi connectivity index (χ4n) is 1.27. The minimum Gasteiger partial charge on any atom is -0.444 e. The van der Waals surface area contributed by atoms with Gasteiger partial charge in [-0.15, -0.1) is 0 Å². The molecule has 1 aromatic carbocycles. The number of carbonyl (C=O) groups is 1. The number of hydrogen-bond donors (Lipinski definition) is 1. The first kappa shape index (κ1) is 15.5. The maximum absolute atomic E-state index is 12.9. The van der Waals surface area contributed by atoms with Gasteiger partial charge in [0.1, 0.15) is 11.4 Å². The fourth-order valence-corrected chi connectivity index (χ4v) is 1.46. The van der Waals surface area contributed by atoms with Crippen LogP contribution < -0.4 is 5.32 Å². The first-order valence-corrected chi connectivity index (χ1v) is 6.24. The van der Waals surface area contributed by atoms with Crippen LogP contribution in [0.4, 0.5) is 9.18 Å². The molecule has 0 aliphatic carbocycles. The zero-order valence-electron chi connectivity index (χ0n) is 11.2. The Morgan fingerprint density at radius 2 is 2.16 bits per heavy atom. The van der Waals surface area contributed by atoms with E-state index in [1.807, 2.05) is 0 Å². The number of carbonyl (C=O) groups excluding carboxylic acids is 1. The van der Waals surface area contributed by atoms with E-state index in [2.05, 4.69) is 5.32 Å². The molecule has 0 fully saturated rings. The highest BCUT2D eigenvalue weighted by atomic mass is 35.5. The summed E-state index contributed by atoms with van der Waals surface area (Å²) in [6.45, 7) is 5.71. The monoisotopic (exact) mass is 285 g/mol. The second-order valence-corrected chi connectivity index (χ2v) is 5.37. The second kappa shape index (κ2) is 6.57. The summed E-state index contributed by atoms with van der Waals surface area (Å²) in [4.78, 5) is 11.3. The van der Waals surface area contributed by atoms with Gasteiger partial charge in [-0.1, -0.05) is 29.8 Å². The number of ether oxygens (including phenoxy) is 1. The first-order valence-electron chi connectivity index (χ1n) is 5.86. The molecule has 0 aliphatic heterocycles. The van der Waals surface area contributed by atoms with Crippen molar-refractivity contribution in [1.82, 2.24) is 5.32 Å². The molecule has 0 bridgehead atoms. The van der Waals surface area contributed by atoms with Crippen molar-refractivity contribution in [2.75, 3.05) is 6.54 Å². The van der Waals surface area contributed by atoms with Gasteiger partial charge in [0.15, 0.2) is 0 Å². The van der Waals surface area contributed by atoms with Crippen molar-refractivity contribution in [2.45, 2.75) is 26.4 Å². The van der Waals surface area contributed by atoms with Crippen LogP contribution in [0.25, 0.3) is 6.08 Å². The Balaban J connectivity index is 2.42. The van der Waals surface area contributed by atoms with E-state index in [9.17, 15) is 9.18 Å². The number of rotatable bonds is 3. The Bertz CT molecular complexity index is 481. The Morgan fingerprint density at radius 3 is 2.74 bits per heavy atom. The average molecular weight is 286 g/mol. The molecule has 0 aliphatic rings. The van der Waals surface area contributed by atoms with Crippen LogP contribution in [0.3, 0.4) is 0 Å². The number of halogens is 2. The normalized spacial score (nSPS) is 11.6. The number of benzene rings is 1. The Morgan fingerprint density at radius 1 is 1.47 bits per heavy atom. The highest BCUT2D eigenvalue weighted by Gasteiger charge is 2.14. The van der Waals surface area contributed by atoms with Crippen LogP contribution in [0.5, 0.6) is 0 Å². The minimum absolute atomic E-state index is 0.0715. The van der Waals surface area contributed by atoms with E-state index < -0.39 is 17.5 Å². The van der Waals surface area contributed by atoms with Crippen molar-refractivity contribution in [3.63, 3.8) is 0 Å². The molecule has 1 aromatic rings. The largest absolute Gasteiger partial charge is 0.444 e. The minimum atomic E-state index is -0.516. The van der Waals surface area contributed by atoms with E-state index in [1.54, 1.807) is 39.0 Å². The highest BCUT2D eigenvalue weighted by Crippen LogP contribution is 2.16. The molecule has 3 nitrogen and oxygen atoms in total. The molecule has 1 rings (SSSR count). The maximum atomic E-state index is 12.9. The topological polar surface area (TPSA) is 38.3 Å². The van der Waals surface area contributed by atoms with Gasteiger partial charge < -0.3 is 10.1 Å². The average Bonchev–Trinajstić information content (AvgIpc) is 2.27. The van der Waals surface area contributed by atoms with Crippen molar-refractivity contribution in [1.29, 1.82) is 0 Å². The van der Waals surface area contributed by atoms with E-state index in [0.29, 0.717) is 6.54 Å². The second-order valence-electron chi connectivity index (χ2n) is 4.96. The van der Waals surface area contributed by atoms with Crippen LogP contribution in [-0.2, 0) is 4.74 Å². The van der Waals surface area contributed by atoms with Crippen molar-refractivity contribution in [3.8, 4) is 0 Å². The Labute approximate surface area is 117 Å². The predicted molar refractivity (Wildman–Crippen MR) is 74.7 cm³/mol. The van der Waals surface area contributed by atoms with Gasteiger partial charge in [0.25, 0.3) is 0 Å². The summed E-state index contributed by atoms with van der Waals surface area (Å²) in [5, 5.41) is 2.65. The molecular weight excluding hydrogens is 269 g/mol. The molecule has 0 saturated heterocycles. The lowest BCUT2D eigenvalue weighted by Gasteiger charge is -2.19. The molecular formula is C14H17ClFNO2. The van der Waals surface area contributed by atoms with Crippen LogP contribution in [0.2, 0.25) is 5.02 Å². The molecule has 5 heteroatoms. The summed E-state index contributed by atoms with van der Waals surface area (Å²) in [5.74, 6) is -0.453. The van der Waals surface area contributed by atoms with Crippen molar-refractivity contribution in [2.24, 2.45) is 0 Å². The fraction of sp³-hybridized carbons (Fsp3) is 0.357. The van der Waals surface area contributed by atoms with Gasteiger partial charge in [-0.05, 0) is 38.5 Å². The van der Waals surface area contributed by atoms with Gasteiger partial charge in [0.05, 0.1) is 5.02 Å². The summed E-state index contributed by atoms with van der Waals surface area (Å²) in [7, 11) is 0. The van der Waals surface area contributed by atoms with Crippen LogP contribution in [-0.4, -0.2) is 18.2 Å². The third-order valence-corrected chi connectivity index (χ3v) is 2.31. The van der Waals surface area contributed by atoms with Crippen LogP contribution in [0, 0.1) is 5.82 Å². The highest BCUT2D eigenvalue weighted by molar-refractivity contribution is 6.30. The maximum Gasteiger partial charge on any atom is 0.407 e. The molecule has 1 N–H and O–H groups in total. The summed E-state index contributed by atoms with van der Waals surface area (Å²) >= 11 is 5.65. The van der Waals surface area contributed by atoms with Crippen LogP contribution in [0.15, 0.2) is 24.3 Å². The molecule has 0 unspecified atom stereocenters. The SMILES string of the molecule is CC(C)(C)OC(=O)NCC=Cc1ccc(F)c(Cl)c1. The van der Waals surface area contributed by atoms with E-state index in [1.165, 1.54) is 12.1 Å². The van der Waals surface area contributed by atoms with Gasteiger partial charge in [-0.2, -0.15) is 0 Å². The summed E-state index contributed by atoms with van der Waals surface area (Å²) in [6, 6.07) is 4.41. The van der Waals surface area contributed by atoms with Crippen LogP contribution in [0.1, 0.15) is 26.3 Å². The molecule has 0 saturated carbocycles. The first-order chi connectivity index (χ1) is 8.78. The predicted octanol–water partition coefficient (Wildman–Crippen LogP) is 4.02. The molecule has 104 valence electrons. The molecule has 0 atom stereocenters. The van der Waals surface area contributed by atoms with Crippen LogP contribution >= 0.6 is 11.6 Å². The van der Waals surface area contributed by atoms with Gasteiger partial charge in [0, 0.05) is 6.54 Å². The molecule has 0 radical (unpaired) electrons. The molecule has 0 heterocycles. The Hall–Kier alpha value is -1.55. The zero-order chi connectivity index (χ0) is 14.5. The van der Waals surface area contributed by atoms with E-state index in [4.69, 9.17) is 16.3 Å². The third-order valence-electron chi connectivity index (χ3n) is 2.02. The van der Waals surface area contributed by atoms with Gasteiger partial charge in [-0.25, -0.2) is 9.18 Å². The van der Waals surface area contributed by atoms with Crippen molar-refractivity contribution < 1.29 is 13.9 Å². The number of hydrogen-bond acceptors (Lipinski definition) is 2. The molecule has 1 amide bonds. The number of alkyl carbamates (subject to hydrolysis) is 1. The molecule has 0 spiro atoms. The van der Waals surface area contributed by atoms with Gasteiger partial charge in [0.2, 0.25) is 0 Å². The van der Waals surface area contributed by atoms with E-state index >= 15 is 0 Å². The number of nitrogens with one attached hydrogen (secondary N) is 1. The summed E-state index contributed by atoms with van der Waals surface area (Å²) in [5.41, 5.74) is 0.246. The lowest BCUT2D eigenvalue weighted by Crippen LogP contribution is -2.32. The summed E-state index contributed by atoms with van der Waals surface area (Å²) < 4.78 is 18.0. The Kier molecular flexibility index (Phi) is 5.36. The third kappa shape index (κ3) is 6.25. The zero-order valence-corrected chi connectivity index (χ0v) is 11.9. The van der Waals surface area contributed by atoms with Crippen molar-refractivity contribution >= 4 is 23.8 Å². The van der Waals surface area contributed by atoms with Crippen molar-refractivity contribution in [3.05, 3.63) is 40.7 Å². The lowest BCUT2D eigenvalue weighted by molar-refractivity contribution is 0.0534. The smallest absolute Gasteiger partial charge is 0.407 e. The number of amides is 1. The van der Waals surface area contributed by atoms with Gasteiger partial charge >= 0.3 is 6.09 Å². The van der Waals surface area contributed by atoms with Gasteiger partial charge in [-0.3, -0.25) is 0 Å². The van der Waals surface area contributed by atoms with E-state index in [0.717, 1.165) is 5.56 Å². The standard InChI is InChI=1S/C14H17ClFNO2/c1-14(2,3)19-13(18)17-8-4-5-10-6-7-12(16)11(15)9-10/h4-7,9H,8H2,1-3H3,(H,17,18). The molecule has 0 aromatic heterocycles. The molecule has 19 heavy (non-hydrogen) atoms. The quantitative estimate of drug-likeness (QED) is 0.911. The lowest BCUT2D eigenvalue weighted by atomic mass is 10.2. The van der Waals surface area contributed by atoms with E-state index in [-0.39, 0.29) is 5.02 Å². The summed E-state index contributed by atoms with van der Waals surface area (Å²) in [6.07, 6.45) is 2.99.